The Morgan fingerprint density at radius 1 is 1.12 bits per heavy atom. The number of ether oxygens (including phenoxy) is 1. The summed E-state index contributed by atoms with van der Waals surface area (Å²) in [5.41, 5.74) is 2.45. The molecule has 1 heterocycles. The van der Waals surface area contributed by atoms with Gasteiger partial charge >= 0.3 is 0 Å². The average Bonchev–Trinajstić information content (AvgIpc) is 3.10. The molecule has 6 nitrogen and oxygen atoms in total. The van der Waals surface area contributed by atoms with Crippen molar-refractivity contribution in [1.82, 2.24) is 5.16 Å². The number of aromatic nitrogens is 1. The number of rotatable bonds is 6. The second-order valence-electron chi connectivity index (χ2n) is 5.78. The minimum absolute atomic E-state index is 0.0551. The lowest BCUT2D eigenvalue weighted by Gasteiger charge is -2.05. The molecular formula is C20H18N2O4. The van der Waals surface area contributed by atoms with Crippen molar-refractivity contribution >= 4 is 17.4 Å². The topological polar surface area (TPSA) is 81.4 Å². The average molecular weight is 350 g/mol. The van der Waals surface area contributed by atoms with Crippen molar-refractivity contribution in [2.45, 2.75) is 13.3 Å². The number of nitrogens with zero attached hydrogens (tertiary/aromatic N) is 1. The van der Waals surface area contributed by atoms with Crippen molar-refractivity contribution in [2.24, 2.45) is 0 Å². The van der Waals surface area contributed by atoms with E-state index < -0.39 is 0 Å². The third-order valence-corrected chi connectivity index (χ3v) is 3.81. The van der Waals surface area contributed by atoms with Gasteiger partial charge in [-0.1, -0.05) is 29.4 Å². The molecule has 26 heavy (non-hydrogen) atoms. The predicted octanol–water partition coefficient (Wildman–Crippen LogP) is 3.73. The minimum atomic E-state index is -0.240. The maximum absolute atomic E-state index is 12.2. The van der Waals surface area contributed by atoms with E-state index in [1.807, 2.05) is 24.3 Å². The highest BCUT2D eigenvalue weighted by Crippen LogP contribution is 2.24. The molecule has 3 rings (SSSR count). The molecule has 1 aromatic heterocycles. The second kappa shape index (κ2) is 7.65. The van der Waals surface area contributed by atoms with Crippen LogP contribution < -0.4 is 10.1 Å². The van der Waals surface area contributed by atoms with Gasteiger partial charge in [0, 0.05) is 22.9 Å². The fourth-order valence-electron chi connectivity index (χ4n) is 2.49. The zero-order valence-corrected chi connectivity index (χ0v) is 14.5. The number of Topliss-reactive ketones (excluding diaryl/α,β-unsaturated/α-hetero) is 1. The lowest BCUT2D eigenvalue weighted by atomic mass is 10.1. The summed E-state index contributed by atoms with van der Waals surface area (Å²) >= 11 is 0. The number of carbonyl (C=O) groups is 2. The number of carbonyl (C=O) groups excluding carboxylic acids is 2. The number of benzene rings is 2. The van der Waals surface area contributed by atoms with Crippen molar-refractivity contribution in [3.63, 3.8) is 0 Å². The van der Waals surface area contributed by atoms with Crippen LogP contribution in [0.25, 0.3) is 11.3 Å². The molecule has 0 aliphatic carbocycles. The van der Waals surface area contributed by atoms with E-state index >= 15 is 0 Å². The number of anilines is 1. The molecule has 0 atom stereocenters. The van der Waals surface area contributed by atoms with Crippen molar-refractivity contribution in [1.29, 1.82) is 0 Å². The molecule has 0 spiro atoms. The van der Waals surface area contributed by atoms with Crippen LogP contribution in [0.5, 0.6) is 5.75 Å². The second-order valence-corrected chi connectivity index (χ2v) is 5.78. The molecule has 1 amide bonds. The van der Waals surface area contributed by atoms with Crippen LogP contribution in [0.3, 0.4) is 0 Å². The molecule has 132 valence electrons. The Morgan fingerprint density at radius 3 is 2.69 bits per heavy atom. The van der Waals surface area contributed by atoms with Gasteiger partial charge in [-0.2, -0.15) is 0 Å². The molecule has 0 bridgehead atoms. The van der Waals surface area contributed by atoms with Gasteiger partial charge in [0.2, 0.25) is 5.91 Å². The highest BCUT2D eigenvalue weighted by atomic mass is 16.5. The summed E-state index contributed by atoms with van der Waals surface area (Å²) < 4.78 is 10.5. The van der Waals surface area contributed by atoms with Gasteiger partial charge in [0.05, 0.1) is 19.2 Å². The van der Waals surface area contributed by atoms with Crippen LogP contribution in [-0.2, 0) is 11.2 Å². The Bertz CT molecular complexity index is 946. The zero-order valence-electron chi connectivity index (χ0n) is 14.5. The molecule has 2 aromatic carbocycles. The molecule has 0 unspecified atom stereocenters. The first-order valence-electron chi connectivity index (χ1n) is 8.06. The number of ketones is 1. The first kappa shape index (κ1) is 17.4. The maximum Gasteiger partial charge on any atom is 0.230 e. The Morgan fingerprint density at radius 2 is 1.92 bits per heavy atom. The van der Waals surface area contributed by atoms with Gasteiger partial charge in [0.1, 0.15) is 5.75 Å². The Kier molecular flexibility index (Phi) is 5.12. The number of hydrogen-bond acceptors (Lipinski definition) is 5. The molecule has 0 aliphatic rings. The van der Waals surface area contributed by atoms with Crippen LogP contribution in [0.4, 0.5) is 5.69 Å². The minimum Gasteiger partial charge on any atom is -0.497 e. The normalized spacial score (nSPS) is 10.4. The van der Waals surface area contributed by atoms with Crippen molar-refractivity contribution < 1.29 is 18.8 Å². The molecule has 0 aliphatic heterocycles. The number of nitrogens with one attached hydrogen (secondary N) is 1. The lowest BCUT2D eigenvalue weighted by Crippen LogP contribution is -2.14. The SMILES string of the molecule is COc1cccc(-c2cc(CC(=O)Nc3cccc(C(C)=O)c3)no2)c1. The number of amides is 1. The summed E-state index contributed by atoms with van der Waals surface area (Å²) in [6, 6.07) is 15.9. The summed E-state index contributed by atoms with van der Waals surface area (Å²) in [5.74, 6) is 0.977. The molecule has 0 fully saturated rings. The van der Waals surface area contributed by atoms with Crippen LogP contribution in [-0.4, -0.2) is 24.0 Å². The van der Waals surface area contributed by atoms with E-state index in [0.717, 1.165) is 5.56 Å². The Labute approximate surface area is 150 Å². The third-order valence-electron chi connectivity index (χ3n) is 3.81. The largest absolute Gasteiger partial charge is 0.497 e. The van der Waals surface area contributed by atoms with Gasteiger partial charge in [-0.25, -0.2) is 0 Å². The van der Waals surface area contributed by atoms with Crippen LogP contribution in [0.15, 0.2) is 59.1 Å². The zero-order chi connectivity index (χ0) is 18.5. The summed E-state index contributed by atoms with van der Waals surface area (Å²) in [4.78, 5) is 23.6. The molecule has 3 aromatic rings. The summed E-state index contributed by atoms with van der Waals surface area (Å²) in [6.45, 7) is 1.48. The van der Waals surface area contributed by atoms with Crippen molar-refractivity contribution in [3.8, 4) is 17.1 Å². The van der Waals surface area contributed by atoms with Crippen molar-refractivity contribution in [3.05, 3.63) is 65.9 Å². The fourth-order valence-corrected chi connectivity index (χ4v) is 2.49. The van der Waals surface area contributed by atoms with Gasteiger partial charge in [0.15, 0.2) is 11.5 Å². The highest BCUT2D eigenvalue weighted by molar-refractivity contribution is 5.97. The van der Waals surface area contributed by atoms with E-state index in [2.05, 4.69) is 10.5 Å². The van der Waals surface area contributed by atoms with E-state index in [9.17, 15) is 9.59 Å². The number of methoxy groups -OCH3 is 1. The first-order chi connectivity index (χ1) is 12.5. The summed E-state index contributed by atoms with van der Waals surface area (Å²) in [5, 5.41) is 6.70. The summed E-state index contributed by atoms with van der Waals surface area (Å²) in [6.07, 6.45) is 0.0672. The molecule has 1 N–H and O–H groups in total. The third kappa shape index (κ3) is 4.16. The quantitative estimate of drug-likeness (QED) is 0.685. The predicted molar refractivity (Wildman–Crippen MR) is 97.3 cm³/mol. The smallest absolute Gasteiger partial charge is 0.230 e. The molecular weight excluding hydrogens is 332 g/mol. The monoisotopic (exact) mass is 350 g/mol. The van der Waals surface area contributed by atoms with Gasteiger partial charge in [-0.3, -0.25) is 9.59 Å². The first-order valence-corrected chi connectivity index (χ1v) is 8.06. The standard InChI is InChI=1S/C20H18N2O4/c1-13(23)14-5-3-7-16(9-14)21-20(24)12-17-11-19(26-22-17)15-6-4-8-18(10-15)25-2/h3-11H,12H2,1-2H3,(H,21,24). The van der Waals surface area contributed by atoms with E-state index in [4.69, 9.17) is 9.26 Å². The summed E-state index contributed by atoms with van der Waals surface area (Å²) in [7, 11) is 1.59. The maximum atomic E-state index is 12.2. The van der Waals surface area contributed by atoms with Crippen LogP contribution >= 0.6 is 0 Å². The van der Waals surface area contributed by atoms with Crippen LogP contribution in [0.2, 0.25) is 0 Å². The lowest BCUT2D eigenvalue weighted by molar-refractivity contribution is -0.115. The van der Waals surface area contributed by atoms with Gasteiger partial charge in [-0.05, 0) is 31.2 Å². The number of hydrogen-bond donors (Lipinski definition) is 1. The molecule has 0 saturated carbocycles. The van der Waals surface area contributed by atoms with E-state index in [0.29, 0.717) is 28.5 Å². The molecule has 6 heteroatoms. The van der Waals surface area contributed by atoms with Crippen LogP contribution in [0, 0.1) is 0 Å². The Balaban J connectivity index is 1.68. The fraction of sp³-hybridized carbons (Fsp3) is 0.150. The van der Waals surface area contributed by atoms with Gasteiger partial charge in [0.25, 0.3) is 0 Å². The van der Waals surface area contributed by atoms with E-state index in [1.165, 1.54) is 6.92 Å². The highest BCUT2D eigenvalue weighted by Gasteiger charge is 2.12. The molecule has 0 saturated heterocycles. The van der Waals surface area contributed by atoms with Gasteiger partial charge < -0.3 is 14.6 Å². The van der Waals surface area contributed by atoms with Gasteiger partial charge in [-0.15, -0.1) is 0 Å². The Hall–Kier alpha value is -3.41. The molecule has 0 radical (unpaired) electrons. The van der Waals surface area contributed by atoms with E-state index in [1.54, 1.807) is 37.4 Å². The van der Waals surface area contributed by atoms with E-state index in [-0.39, 0.29) is 18.1 Å². The van der Waals surface area contributed by atoms with Crippen molar-refractivity contribution in [2.75, 3.05) is 12.4 Å². The van der Waals surface area contributed by atoms with Crippen LogP contribution in [0.1, 0.15) is 23.0 Å².